The molecule has 1 heterocycles. The van der Waals surface area contributed by atoms with Gasteiger partial charge in [-0.3, -0.25) is 9.59 Å². The number of para-hydroxylation sites is 2. The quantitative estimate of drug-likeness (QED) is 0.0979. The lowest BCUT2D eigenvalue weighted by Gasteiger charge is -2.05. The van der Waals surface area contributed by atoms with Crippen LogP contribution in [0, 0.1) is 0 Å². The number of ether oxygens (including phenoxy) is 5. The Hall–Kier alpha value is -4.66. The van der Waals surface area contributed by atoms with Crippen LogP contribution in [0.25, 0.3) is 0 Å². The van der Waals surface area contributed by atoms with Gasteiger partial charge in [0.2, 0.25) is 0 Å². The van der Waals surface area contributed by atoms with Gasteiger partial charge in [0.15, 0.2) is 6.10 Å². The number of carbonyl (C=O) groups excluding carboxylic acids is 3. The van der Waals surface area contributed by atoms with E-state index in [-0.39, 0.29) is 18.0 Å². The Bertz CT molecular complexity index is 1350. The molecule has 0 aromatic heterocycles. The second-order valence-electron chi connectivity index (χ2n) is 8.30. The monoisotopic (exact) mass is 576 g/mol. The van der Waals surface area contributed by atoms with Crippen molar-refractivity contribution < 1.29 is 38.1 Å². The Labute approximate surface area is 243 Å². The third kappa shape index (κ3) is 10.4. The molecule has 0 aliphatic carbocycles. The highest BCUT2D eigenvalue weighted by Gasteiger charge is 2.47. The third-order valence-corrected chi connectivity index (χ3v) is 5.66. The fourth-order valence-electron chi connectivity index (χ4n) is 3.31. The van der Waals surface area contributed by atoms with E-state index in [1.54, 1.807) is 24.3 Å². The minimum absolute atomic E-state index is 0.0590. The molecule has 9 heteroatoms. The van der Waals surface area contributed by atoms with Crippen LogP contribution in [-0.4, -0.2) is 44.4 Å². The molecular formula is C32H29ClO8. The number of methoxy groups -OCH3 is 2. The number of epoxide rings is 1. The van der Waals surface area contributed by atoms with E-state index in [2.05, 4.69) is 9.47 Å². The molecule has 8 nitrogen and oxygen atoms in total. The van der Waals surface area contributed by atoms with Crippen LogP contribution in [-0.2, 0) is 23.8 Å². The van der Waals surface area contributed by atoms with Gasteiger partial charge >= 0.3 is 11.9 Å². The average Bonchev–Trinajstić information content (AvgIpc) is 3.84. The van der Waals surface area contributed by atoms with E-state index in [1.807, 2.05) is 84.9 Å². The average molecular weight is 577 g/mol. The number of aldehydes is 1. The molecule has 4 aromatic carbocycles. The van der Waals surface area contributed by atoms with Gasteiger partial charge in [-0.1, -0.05) is 48.5 Å². The molecule has 0 spiro atoms. The molecule has 0 amide bonds. The zero-order valence-corrected chi connectivity index (χ0v) is 23.2. The second-order valence-corrected chi connectivity index (χ2v) is 8.56. The highest BCUT2D eigenvalue weighted by Crippen LogP contribution is 2.40. The number of hydrogen-bond donors (Lipinski definition) is 0. The van der Waals surface area contributed by atoms with Crippen molar-refractivity contribution in [3.05, 3.63) is 120 Å². The van der Waals surface area contributed by atoms with E-state index in [4.69, 9.17) is 25.8 Å². The normalized spacial score (nSPS) is 14.5. The van der Waals surface area contributed by atoms with Crippen molar-refractivity contribution in [3.63, 3.8) is 0 Å². The Morgan fingerprint density at radius 1 is 0.707 bits per heavy atom. The summed E-state index contributed by atoms with van der Waals surface area (Å²) < 4.78 is 25.3. The molecule has 0 radical (unpaired) electrons. The summed E-state index contributed by atoms with van der Waals surface area (Å²) in [5.74, 6) is 2.27. The van der Waals surface area contributed by atoms with Gasteiger partial charge < -0.3 is 23.7 Å². The summed E-state index contributed by atoms with van der Waals surface area (Å²) in [6, 6.07) is 33.6. The Balaban J connectivity index is 0.000000194. The van der Waals surface area contributed by atoms with Crippen molar-refractivity contribution >= 4 is 29.8 Å². The van der Waals surface area contributed by atoms with Crippen molar-refractivity contribution in [1.29, 1.82) is 0 Å². The minimum atomic E-state index is -0.471. The highest BCUT2D eigenvalue weighted by molar-refractivity contribution is 6.26. The Morgan fingerprint density at radius 3 is 1.56 bits per heavy atom. The molecule has 2 atom stereocenters. The highest BCUT2D eigenvalue weighted by atomic mass is 35.5. The SMILES string of the molecule is COC(=O)C1OC1c1ccc(Oc2ccccc2)cc1.COC(=O)CCl.O=Cc1ccc(Oc2ccccc2)cc1. The summed E-state index contributed by atoms with van der Waals surface area (Å²) in [6.45, 7) is 0. The predicted molar refractivity (Wildman–Crippen MR) is 154 cm³/mol. The lowest BCUT2D eigenvalue weighted by atomic mass is 10.1. The van der Waals surface area contributed by atoms with Crippen molar-refractivity contribution in [2.45, 2.75) is 12.2 Å². The number of halogens is 1. The van der Waals surface area contributed by atoms with Gasteiger partial charge in [-0.15, -0.1) is 11.6 Å². The maximum atomic E-state index is 11.3. The van der Waals surface area contributed by atoms with Crippen molar-refractivity contribution in [3.8, 4) is 23.0 Å². The van der Waals surface area contributed by atoms with Crippen LogP contribution in [0.5, 0.6) is 23.0 Å². The Morgan fingerprint density at radius 2 is 1.17 bits per heavy atom. The van der Waals surface area contributed by atoms with E-state index < -0.39 is 12.1 Å². The molecule has 41 heavy (non-hydrogen) atoms. The Kier molecular flexibility index (Phi) is 12.4. The zero-order valence-electron chi connectivity index (χ0n) is 22.5. The summed E-state index contributed by atoms with van der Waals surface area (Å²) in [5.41, 5.74) is 1.59. The second kappa shape index (κ2) is 16.4. The molecule has 212 valence electrons. The van der Waals surface area contributed by atoms with Crippen LogP contribution in [0.4, 0.5) is 0 Å². The van der Waals surface area contributed by atoms with Gasteiger partial charge in [-0.2, -0.15) is 0 Å². The predicted octanol–water partition coefficient (Wildman–Crippen LogP) is 6.78. The third-order valence-electron chi connectivity index (χ3n) is 5.44. The zero-order chi connectivity index (χ0) is 29.5. The number of esters is 2. The van der Waals surface area contributed by atoms with E-state index in [0.717, 1.165) is 34.8 Å². The van der Waals surface area contributed by atoms with Gasteiger partial charge in [-0.05, 0) is 66.2 Å². The molecule has 0 saturated carbocycles. The molecule has 0 N–H and O–H groups in total. The molecule has 4 aromatic rings. The van der Waals surface area contributed by atoms with Gasteiger partial charge in [-0.25, -0.2) is 4.79 Å². The summed E-state index contributed by atoms with van der Waals surface area (Å²) in [7, 11) is 2.66. The van der Waals surface area contributed by atoms with Crippen LogP contribution in [0.15, 0.2) is 109 Å². The molecule has 2 unspecified atom stereocenters. The summed E-state index contributed by atoms with van der Waals surface area (Å²) in [5, 5.41) is 0. The largest absolute Gasteiger partial charge is 0.468 e. The molecular weight excluding hydrogens is 548 g/mol. The fourth-order valence-corrected chi connectivity index (χ4v) is 3.41. The lowest BCUT2D eigenvalue weighted by Crippen LogP contribution is -2.09. The number of rotatable bonds is 8. The van der Waals surface area contributed by atoms with Crippen LogP contribution >= 0.6 is 11.6 Å². The first-order valence-corrected chi connectivity index (χ1v) is 13.0. The molecule has 1 aliphatic heterocycles. The van der Waals surface area contributed by atoms with E-state index in [0.29, 0.717) is 5.56 Å². The summed E-state index contributed by atoms with van der Waals surface area (Å²) >= 11 is 4.98. The van der Waals surface area contributed by atoms with Gasteiger partial charge in [0, 0.05) is 5.56 Å². The van der Waals surface area contributed by atoms with Crippen molar-refractivity contribution in [2.75, 3.05) is 20.1 Å². The minimum Gasteiger partial charge on any atom is -0.468 e. The van der Waals surface area contributed by atoms with Crippen LogP contribution < -0.4 is 9.47 Å². The first-order valence-electron chi connectivity index (χ1n) is 12.4. The van der Waals surface area contributed by atoms with Crippen LogP contribution in [0.2, 0.25) is 0 Å². The first kappa shape index (κ1) is 30.9. The van der Waals surface area contributed by atoms with Gasteiger partial charge in [0.05, 0.1) is 14.2 Å². The van der Waals surface area contributed by atoms with Gasteiger partial charge in [0.1, 0.15) is 41.3 Å². The standard InChI is InChI=1S/C16H14O4.C13H10O2.C3H5ClO2/c1-18-16(17)15-14(20-15)11-7-9-13(10-8-11)19-12-5-3-2-4-6-12;14-10-11-6-8-13(9-7-11)15-12-4-2-1-3-5-12;1-6-3(5)2-4/h2-10,14-15H,1H3;1-10H;2H2,1H3. The number of benzene rings is 4. The molecule has 1 aliphatic rings. The maximum absolute atomic E-state index is 11.3. The number of hydrogen-bond acceptors (Lipinski definition) is 8. The molecule has 0 bridgehead atoms. The molecule has 1 saturated heterocycles. The van der Waals surface area contributed by atoms with Crippen LogP contribution in [0.1, 0.15) is 22.0 Å². The summed E-state index contributed by atoms with van der Waals surface area (Å²) in [6.07, 6.45) is 0.140. The smallest absolute Gasteiger partial charge is 0.338 e. The van der Waals surface area contributed by atoms with Crippen molar-refractivity contribution in [2.24, 2.45) is 0 Å². The molecule has 1 fully saturated rings. The van der Waals surface area contributed by atoms with Gasteiger partial charge in [0.25, 0.3) is 0 Å². The first-order chi connectivity index (χ1) is 20.0. The van der Waals surface area contributed by atoms with E-state index >= 15 is 0 Å². The number of carbonyl (C=O) groups is 3. The number of alkyl halides is 1. The fraction of sp³-hybridized carbons (Fsp3) is 0.156. The maximum Gasteiger partial charge on any atom is 0.338 e. The lowest BCUT2D eigenvalue weighted by molar-refractivity contribution is -0.142. The van der Waals surface area contributed by atoms with Crippen molar-refractivity contribution in [1.82, 2.24) is 0 Å². The topological polar surface area (TPSA) is 101 Å². The van der Waals surface area contributed by atoms with Crippen LogP contribution in [0.3, 0.4) is 0 Å². The van der Waals surface area contributed by atoms with E-state index in [9.17, 15) is 14.4 Å². The van der Waals surface area contributed by atoms with E-state index in [1.165, 1.54) is 14.2 Å². The molecule has 5 rings (SSSR count). The summed E-state index contributed by atoms with van der Waals surface area (Å²) in [4.78, 5) is 31.6.